The third kappa shape index (κ3) is 5.11. The maximum absolute atomic E-state index is 13.0. The Bertz CT molecular complexity index is 1380. The summed E-state index contributed by atoms with van der Waals surface area (Å²) in [5, 5.41) is 0.667. The number of imide groups is 1. The van der Waals surface area contributed by atoms with Crippen LogP contribution in [0.1, 0.15) is 16.7 Å². The zero-order valence-corrected chi connectivity index (χ0v) is 21.3. The topological polar surface area (TPSA) is 74.3 Å². The van der Waals surface area contributed by atoms with E-state index in [4.69, 9.17) is 42.1 Å². The number of methoxy groups -OCH3 is 1. The quantitative estimate of drug-likeness (QED) is 0.313. The zero-order chi connectivity index (χ0) is 25.2. The minimum absolute atomic E-state index is 0.0261. The van der Waals surface area contributed by atoms with Crippen LogP contribution in [-0.2, 0) is 17.9 Å². The predicted octanol–water partition coefficient (Wildman–Crippen LogP) is 6.55. The SMILES string of the molecule is COc1cc(C=C2SC(=O)N(Cc3cc4c(cc3Cl)OCO4)C2=O)ccc1OCc1ccc(Cl)cc1. The van der Waals surface area contributed by atoms with Crippen molar-refractivity contribution < 1.29 is 28.5 Å². The van der Waals surface area contributed by atoms with Crippen molar-refractivity contribution in [3.63, 3.8) is 0 Å². The van der Waals surface area contributed by atoms with Gasteiger partial charge in [0.1, 0.15) is 6.61 Å². The van der Waals surface area contributed by atoms with Crippen molar-refractivity contribution in [1.82, 2.24) is 4.90 Å². The molecule has 0 N–H and O–H groups in total. The van der Waals surface area contributed by atoms with E-state index < -0.39 is 5.91 Å². The van der Waals surface area contributed by atoms with E-state index in [1.54, 1.807) is 48.5 Å². The van der Waals surface area contributed by atoms with Gasteiger partial charge in [-0.3, -0.25) is 14.5 Å². The first-order valence-electron chi connectivity index (χ1n) is 10.8. The van der Waals surface area contributed by atoms with Gasteiger partial charge >= 0.3 is 0 Å². The van der Waals surface area contributed by atoms with Crippen molar-refractivity contribution in [2.24, 2.45) is 0 Å². The smallest absolute Gasteiger partial charge is 0.293 e. The van der Waals surface area contributed by atoms with E-state index in [1.165, 1.54) is 7.11 Å². The number of hydrogen-bond donors (Lipinski definition) is 0. The molecule has 2 amide bonds. The van der Waals surface area contributed by atoms with Crippen LogP contribution < -0.4 is 18.9 Å². The highest BCUT2D eigenvalue weighted by Gasteiger charge is 2.35. The van der Waals surface area contributed by atoms with Crippen molar-refractivity contribution >= 4 is 52.2 Å². The molecular weight excluding hydrogens is 525 g/mol. The molecule has 7 nitrogen and oxygen atoms in total. The number of hydrogen-bond acceptors (Lipinski definition) is 7. The molecule has 3 aromatic rings. The van der Waals surface area contributed by atoms with E-state index in [-0.39, 0.29) is 18.6 Å². The Labute approximate surface area is 221 Å². The normalized spacial score (nSPS) is 15.6. The van der Waals surface area contributed by atoms with E-state index in [1.807, 2.05) is 12.1 Å². The second-order valence-electron chi connectivity index (χ2n) is 7.89. The number of thioether (sulfide) groups is 1. The maximum atomic E-state index is 13.0. The minimum Gasteiger partial charge on any atom is -0.493 e. The summed E-state index contributed by atoms with van der Waals surface area (Å²) in [6.07, 6.45) is 1.65. The Hall–Kier alpha value is -3.33. The standard InChI is InChI=1S/C26H19Cl2NO6S/c1-32-21-8-16(4-7-20(21)33-13-15-2-5-18(27)6-3-15)9-24-25(30)29(26(31)36-24)12-17-10-22-23(11-19(17)28)35-14-34-22/h2-11H,12-14H2,1H3. The van der Waals surface area contributed by atoms with Crippen molar-refractivity contribution in [2.45, 2.75) is 13.2 Å². The molecule has 10 heteroatoms. The molecule has 3 aromatic carbocycles. The first-order valence-corrected chi connectivity index (χ1v) is 12.4. The summed E-state index contributed by atoms with van der Waals surface area (Å²) in [6, 6.07) is 16.0. The number of amides is 2. The van der Waals surface area contributed by atoms with Gasteiger partial charge in [-0.2, -0.15) is 0 Å². The summed E-state index contributed by atoms with van der Waals surface area (Å²) in [5.74, 6) is 1.72. The number of ether oxygens (including phenoxy) is 4. The number of rotatable bonds is 7. The van der Waals surface area contributed by atoms with E-state index in [9.17, 15) is 9.59 Å². The van der Waals surface area contributed by atoms with Gasteiger partial charge in [0.15, 0.2) is 23.0 Å². The number of carbonyl (C=O) groups is 2. The largest absolute Gasteiger partial charge is 0.493 e. The van der Waals surface area contributed by atoms with Crippen LogP contribution in [0, 0.1) is 0 Å². The minimum atomic E-state index is -0.402. The molecule has 36 heavy (non-hydrogen) atoms. The van der Waals surface area contributed by atoms with Gasteiger partial charge in [0, 0.05) is 16.1 Å². The second-order valence-corrected chi connectivity index (χ2v) is 9.73. The van der Waals surface area contributed by atoms with Crippen molar-refractivity contribution in [3.05, 3.63) is 86.2 Å². The molecule has 5 rings (SSSR count). The van der Waals surface area contributed by atoms with Crippen molar-refractivity contribution in [3.8, 4) is 23.0 Å². The van der Waals surface area contributed by atoms with Crippen molar-refractivity contribution in [2.75, 3.05) is 13.9 Å². The second kappa shape index (κ2) is 10.3. The third-order valence-corrected chi connectivity index (χ3v) is 7.05. The van der Waals surface area contributed by atoms with Crippen molar-refractivity contribution in [1.29, 1.82) is 0 Å². The number of carbonyl (C=O) groups excluding carboxylic acids is 2. The van der Waals surface area contributed by atoms with Crippen LogP contribution in [0.3, 0.4) is 0 Å². The predicted molar refractivity (Wildman–Crippen MR) is 138 cm³/mol. The highest BCUT2D eigenvalue weighted by molar-refractivity contribution is 8.18. The van der Waals surface area contributed by atoms with Crippen LogP contribution in [0.5, 0.6) is 23.0 Å². The zero-order valence-electron chi connectivity index (χ0n) is 19.0. The molecule has 2 aliphatic rings. The summed E-state index contributed by atoms with van der Waals surface area (Å²) >= 11 is 13.1. The fourth-order valence-electron chi connectivity index (χ4n) is 3.67. The third-order valence-electron chi connectivity index (χ3n) is 5.54. The molecule has 2 aliphatic heterocycles. The van der Waals surface area contributed by atoms with Crippen LogP contribution in [0.15, 0.2) is 59.5 Å². The monoisotopic (exact) mass is 543 g/mol. The van der Waals surface area contributed by atoms with E-state index in [0.29, 0.717) is 55.7 Å². The van der Waals surface area contributed by atoms with Gasteiger partial charge in [-0.1, -0.05) is 41.4 Å². The van der Waals surface area contributed by atoms with Crippen LogP contribution in [0.4, 0.5) is 4.79 Å². The first-order chi connectivity index (χ1) is 17.4. The molecule has 184 valence electrons. The Morgan fingerprint density at radius 1 is 1.00 bits per heavy atom. The molecule has 0 atom stereocenters. The Kier molecular flexibility index (Phi) is 7.00. The van der Waals surface area contributed by atoms with Crippen LogP contribution in [0.2, 0.25) is 10.0 Å². The lowest BCUT2D eigenvalue weighted by molar-refractivity contribution is -0.123. The lowest BCUT2D eigenvalue weighted by atomic mass is 10.1. The Morgan fingerprint density at radius 3 is 2.50 bits per heavy atom. The lowest BCUT2D eigenvalue weighted by Crippen LogP contribution is -2.27. The molecular formula is C26H19Cl2NO6S. The number of nitrogens with zero attached hydrogens (tertiary/aromatic N) is 1. The highest BCUT2D eigenvalue weighted by atomic mass is 35.5. The molecule has 0 saturated carbocycles. The summed E-state index contributed by atoms with van der Waals surface area (Å²) in [7, 11) is 1.54. The molecule has 0 bridgehead atoms. The van der Waals surface area contributed by atoms with Gasteiger partial charge in [0.25, 0.3) is 11.1 Å². The molecule has 0 spiro atoms. The van der Waals surface area contributed by atoms with Gasteiger partial charge in [-0.25, -0.2) is 0 Å². The highest BCUT2D eigenvalue weighted by Crippen LogP contribution is 2.40. The fourth-order valence-corrected chi connectivity index (χ4v) is 4.85. The van der Waals surface area contributed by atoms with Crippen LogP contribution >= 0.6 is 35.0 Å². The molecule has 0 unspecified atom stereocenters. The van der Waals surface area contributed by atoms with Crippen LogP contribution in [0.25, 0.3) is 6.08 Å². The van der Waals surface area contributed by atoms with Gasteiger partial charge < -0.3 is 18.9 Å². The molecule has 1 fully saturated rings. The van der Waals surface area contributed by atoms with Gasteiger partial charge in [0.05, 0.1) is 18.6 Å². The Balaban J connectivity index is 1.30. The molecule has 0 aliphatic carbocycles. The first kappa shape index (κ1) is 24.4. The fraction of sp³-hybridized carbons (Fsp3) is 0.154. The number of benzene rings is 3. The van der Waals surface area contributed by atoms with E-state index in [0.717, 1.165) is 22.2 Å². The average molecular weight is 544 g/mol. The summed E-state index contributed by atoms with van der Waals surface area (Å²) < 4.78 is 22.0. The summed E-state index contributed by atoms with van der Waals surface area (Å²) in [6.45, 7) is 0.473. The van der Waals surface area contributed by atoms with Gasteiger partial charge in [-0.05, 0) is 64.9 Å². The van der Waals surface area contributed by atoms with Gasteiger partial charge in [0.2, 0.25) is 6.79 Å². The number of halogens is 2. The van der Waals surface area contributed by atoms with E-state index in [2.05, 4.69) is 0 Å². The average Bonchev–Trinajstić information content (AvgIpc) is 3.43. The summed E-state index contributed by atoms with van der Waals surface area (Å²) in [4.78, 5) is 27.1. The number of fused-ring (bicyclic) bond motifs is 1. The summed E-state index contributed by atoms with van der Waals surface area (Å²) in [5.41, 5.74) is 2.24. The molecule has 2 heterocycles. The lowest BCUT2D eigenvalue weighted by Gasteiger charge is -2.14. The van der Waals surface area contributed by atoms with Crippen LogP contribution in [-0.4, -0.2) is 29.9 Å². The Morgan fingerprint density at radius 2 is 1.75 bits per heavy atom. The molecule has 0 aromatic heterocycles. The van der Waals surface area contributed by atoms with E-state index >= 15 is 0 Å². The maximum Gasteiger partial charge on any atom is 0.293 e. The molecule has 0 radical (unpaired) electrons. The van der Waals surface area contributed by atoms with Gasteiger partial charge in [-0.15, -0.1) is 0 Å². The molecule has 1 saturated heterocycles.